The van der Waals surface area contributed by atoms with Crippen molar-refractivity contribution in [2.45, 2.75) is 76.6 Å². The lowest BCUT2D eigenvalue weighted by Gasteiger charge is -2.40. The zero-order valence-corrected chi connectivity index (χ0v) is 16.3. The average molecular weight is 362 g/mol. The van der Waals surface area contributed by atoms with Crippen molar-refractivity contribution in [1.29, 1.82) is 0 Å². The fourth-order valence-corrected chi connectivity index (χ4v) is 7.82. The van der Waals surface area contributed by atoms with Gasteiger partial charge in [-0.2, -0.15) is 0 Å². The minimum absolute atomic E-state index is 0.0284. The summed E-state index contributed by atoms with van der Waals surface area (Å²) in [7, 11) is 0. The topological polar surface area (TPSA) is 36.9 Å². The van der Waals surface area contributed by atoms with E-state index >= 15 is 0 Å². The van der Waals surface area contributed by atoms with E-state index in [1.54, 1.807) is 0 Å². The molecule has 0 amide bonds. The summed E-state index contributed by atoms with van der Waals surface area (Å²) >= 11 is 5.81. The molecule has 2 saturated heterocycles. The molecule has 1 saturated carbocycles. The van der Waals surface area contributed by atoms with Gasteiger partial charge in [0, 0.05) is 18.5 Å². The molecule has 0 N–H and O–H groups in total. The molecule has 134 valence electrons. The highest BCUT2D eigenvalue weighted by Crippen LogP contribution is 2.60. The van der Waals surface area contributed by atoms with Gasteiger partial charge in [-0.15, -0.1) is 0 Å². The first-order chi connectivity index (χ1) is 11.1. The number of hydrogen-bond donors (Lipinski definition) is 0. The molecule has 0 bridgehead atoms. The van der Waals surface area contributed by atoms with Gasteiger partial charge >= 0.3 is 0 Å². The molecule has 0 aromatic rings. The van der Waals surface area contributed by atoms with Gasteiger partial charge in [-0.25, -0.2) is 0 Å². The maximum absolute atomic E-state index is 6.69. The summed E-state index contributed by atoms with van der Waals surface area (Å²) in [5.74, 6) is -0.120. The van der Waals surface area contributed by atoms with E-state index in [0.29, 0.717) is 19.1 Å². The zero-order valence-electron chi connectivity index (χ0n) is 14.6. The Bertz CT molecular complexity index is 434. The molecule has 2 spiro atoms. The first kappa shape index (κ1) is 18.3. The molecule has 1 aliphatic carbocycles. The van der Waals surface area contributed by atoms with Crippen molar-refractivity contribution in [3.05, 3.63) is 0 Å². The lowest BCUT2D eigenvalue weighted by molar-refractivity contribution is -0.279. The van der Waals surface area contributed by atoms with Crippen LogP contribution in [0.4, 0.5) is 0 Å². The van der Waals surface area contributed by atoms with Gasteiger partial charge in [0.05, 0.1) is 25.4 Å². The van der Waals surface area contributed by atoms with Crippen LogP contribution in [0.25, 0.3) is 0 Å². The van der Waals surface area contributed by atoms with Crippen molar-refractivity contribution >= 4 is 18.3 Å². The van der Waals surface area contributed by atoms with Gasteiger partial charge in [0.25, 0.3) is 0 Å². The smallest absolute Gasteiger partial charge is 0.189 e. The van der Waals surface area contributed by atoms with Crippen LogP contribution >= 0.6 is 6.49 Å². The highest BCUT2D eigenvalue weighted by Gasteiger charge is 2.58. The van der Waals surface area contributed by atoms with E-state index in [0.717, 1.165) is 32.0 Å². The first-order valence-corrected chi connectivity index (χ1v) is 12.1. The number of ether oxygens (including phenoxy) is 2. The van der Waals surface area contributed by atoms with E-state index in [1.165, 1.54) is 32.1 Å². The van der Waals surface area contributed by atoms with Crippen LogP contribution in [0.1, 0.15) is 65.2 Å². The highest BCUT2D eigenvalue weighted by atomic mass is 32.5. The minimum atomic E-state index is -2.24. The van der Waals surface area contributed by atoms with Crippen molar-refractivity contribution in [2.24, 2.45) is 5.92 Å². The molecule has 3 fully saturated rings. The van der Waals surface area contributed by atoms with Crippen molar-refractivity contribution in [3.8, 4) is 0 Å². The van der Waals surface area contributed by atoms with Gasteiger partial charge in [-0.1, -0.05) is 12.8 Å². The van der Waals surface area contributed by atoms with Crippen LogP contribution in [0.3, 0.4) is 0 Å². The lowest BCUT2D eigenvalue weighted by atomic mass is 9.87. The number of hydrogen-bond acceptors (Lipinski definition) is 5. The van der Waals surface area contributed by atoms with Crippen molar-refractivity contribution in [1.82, 2.24) is 0 Å². The molecule has 2 heterocycles. The van der Waals surface area contributed by atoms with E-state index in [-0.39, 0.29) is 5.60 Å². The molecule has 2 aliphatic heterocycles. The van der Waals surface area contributed by atoms with Crippen LogP contribution in [0.15, 0.2) is 0 Å². The Morgan fingerprint density at radius 2 is 1.70 bits per heavy atom. The molecular weight excluding hydrogens is 331 g/mol. The Hall–Kier alpha value is 0.490. The predicted octanol–water partition coefficient (Wildman–Crippen LogP) is 4.62. The first-order valence-electron chi connectivity index (χ1n) is 9.28. The van der Waals surface area contributed by atoms with E-state index in [9.17, 15) is 0 Å². The second-order valence-electron chi connectivity index (χ2n) is 7.14. The number of rotatable bonds is 6. The monoisotopic (exact) mass is 362 g/mol. The summed E-state index contributed by atoms with van der Waals surface area (Å²) in [4.78, 5) is 0. The van der Waals surface area contributed by atoms with E-state index in [2.05, 4.69) is 0 Å². The van der Waals surface area contributed by atoms with Gasteiger partial charge in [0.15, 0.2) is 12.3 Å². The Morgan fingerprint density at radius 3 is 2.26 bits per heavy atom. The minimum Gasteiger partial charge on any atom is -0.350 e. The van der Waals surface area contributed by atoms with E-state index in [1.807, 2.05) is 13.8 Å². The predicted molar refractivity (Wildman–Crippen MR) is 95.3 cm³/mol. The van der Waals surface area contributed by atoms with Gasteiger partial charge in [-0.05, 0) is 57.8 Å². The molecule has 3 rings (SSSR count). The third kappa shape index (κ3) is 3.86. The molecular formula is C17H31O4PS. The maximum Gasteiger partial charge on any atom is 0.189 e. The largest absolute Gasteiger partial charge is 0.350 e. The van der Waals surface area contributed by atoms with Crippen LogP contribution in [0, 0.1) is 5.92 Å². The molecule has 0 aromatic heterocycles. The van der Waals surface area contributed by atoms with Gasteiger partial charge in [0.1, 0.15) is 0 Å². The molecule has 4 nitrogen and oxygen atoms in total. The van der Waals surface area contributed by atoms with Crippen molar-refractivity contribution < 1.29 is 18.5 Å². The normalized spacial score (nSPS) is 33.7. The van der Waals surface area contributed by atoms with Gasteiger partial charge in [-0.3, -0.25) is 0 Å². The van der Waals surface area contributed by atoms with Crippen molar-refractivity contribution in [3.63, 3.8) is 0 Å². The second-order valence-corrected chi connectivity index (χ2v) is 10.9. The summed E-state index contributed by atoms with van der Waals surface area (Å²) in [6.07, 6.45) is 10.0. The van der Waals surface area contributed by atoms with E-state index in [4.69, 9.17) is 30.3 Å². The summed E-state index contributed by atoms with van der Waals surface area (Å²) in [6, 6.07) is 0. The Labute approximate surface area is 145 Å². The summed E-state index contributed by atoms with van der Waals surface area (Å²) in [5.41, 5.74) is 0.0284. The molecule has 0 radical (unpaired) electrons. The summed E-state index contributed by atoms with van der Waals surface area (Å²) < 4.78 is 24.8. The van der Waals surface area contributed by atoms with Crippen LogP contribution < -0.4 is 0 Å². The molecule has 3 aliphatic rings. The second kappa shape index (κ2) is 7.39. The Morgan fingerprint density at radius 1 is 1.04 bits per heavy atom. The third-order valence-electron chi connectivity index (χ3n) is 5.51. The molecule has 6 heteroatoms. The molecule has 23 heavy (non-hydrogen) atoms. The molecule has 1 unspecified atom stereocenters. The van der Waals surface area contributed by atoms with E-state index < -0.39 is 12.3 Å². The summed E-state index contributed by atoms with van der Waals surface area (Å²) in [5, 5.41) is 0. The zero-order chi connectivity index (χ0) is 16.4. The van der Waals surface area contributed by atoms with Crippen molar-refractivity contribution in [2.75, 3.05) is 26.0 Å². The van der Waals surface area contributed by atoms with Gasteiger partial charge in [0.2, 0.25) is 0 Å². The molecule has 0 aromatic carbocycles. The fraction of sp³-hybridized carbons (Fsp3) is 1.00. The quantitative estimate of drug-likeness (QED) is 0.645. The average Bonchev–Trinajstić information content (AvgIpc) is 3.06. The van der Waals surface area contributed by atoms with Gasteiger partial charge < -0.3 is 18.5 Å². The Kier molecular flexibility index (Phi) is 5.88. The fourth-order valence-electron chi connectivity index (χ4n) is 4.62. The molecule has 2 atom stereocenters. The van der Waals surface area contributed by atoms with Crippen LogP contribution in [0.2, 0.25) is 0 Å². The third-order valence-corrected chi connectivity index (χ3v) is 8.78. The van der Waals surface area contributed by atoms with Crippen LogP contribution in [0.5, 0.6) is 0 Å². The Balaban J connectivity index is 1.80. The highest BCUT2D eigenvalue weighted by molar-refractivity contribution is 8.09. The van der Waals surface area contributed by atoms with Crippen LogP contribution in [-0.2, 0) is 30.3 Å². The SMILES string of the molecule is CCOP(=S)(CC1CC2(CCCC2)O[C@]12CCCCO2)OCC. The van der Waals surface area contributed by atoms with Crippen LogP contribution in [-0.4, -0.2) is 37.4 Å². The maximum atomic E-state index is 6.69. The lowest BCUT2D eigenvalue weighted by Crippen LogP contribution is -2.44. The standard InChI is InChI=1S/C17H31O4PS/c1-3-19-22(23,20-4-2)14-15-13-16(9-5-6-10-16)21-17(15)11-7-8-12-18-17/h15H,3-14H2,1-2H3/t15?,17-/m1/s1. The summed E-state index contributed by atoms with van der Waals surface area (Å²) in [6.45, 7) is 3.78.